The molecule has 0 unspecified atom stereocenters. The van der Waals surface area contributed by atoms with Crippen LogP contribution in [0, 0.1) is 40.0 Å². The fourth-order valence-corrected chi connectivity index (χ4v) is 9.64. The highest BCUT2D eigenvalue weighted by Crippen LogP contribution is 2.38. The number of aldehydes is 1. The van der Waals surface area contributed by atoms with Crippen molar-refractivity contribution in [3.63, 3.8) is 0 Å². The summed E-state index contributed by atoms with van der Waals surface area (Å²) in [5, 5.41) is 15.0. The predicted molar refractivity (Wildman–Crippen MR) is 349 cm³/mol. The maximum atomic E-state index is 13.1. The quantitative estimate of drug-likeness (QED) is 0.0157. The minimum Gasteiger partial charge on any atom is -0.322 e. The Morgan fingerprint density at radius 1 is 0.596 bits per heavy atom. The first-order chi connectivity index (χ1) is 44.5. The molecule has 6 aromatic carbocycles. The Morgan fingerprint density at radius 3 is 1.52 bits per heavy atom. The van der Waals surface area contributed by atoms with Gasteiger partial charge in [-0.3, -0.25) is 40.3 Å². The number of rotatable bonds is 13. The standard InChI is InChI=1S/C23H16ClF3N4O.C17H11ClF3NO.C13H13N3O2S.C7H10N2O2S.C6H5NO/c1-13-4-5-14(22(32)29-16-6-7-19(24)18(10-16)23(25,26)27)9-17(13)21-11-20(30-31-21)15-3-2-8-28-12-15;1-3-11-8-12(5-4-10(11)2)16(23)22-13-6-7-15(18)14(9-13)17(19,20)21;1-11-4-6-13(7-5-11)19(17,18)16-15-10-12-3-2-8-14-9-12;1-6-2-4-7(5-3-6)12(10,11)9-8;8-5-6-2-1-3-7-4-6/h2-12H,1H3,(H,29,32)(H,30,31);1,4-9H,2H3,(H,22,23);2-10,16H,1H3;2-5,9H,8H2,1H3;1-5H/b;;15-10+;;. The van der Waals surface area contributed by atoms with E-state index in [0.717, 1.165) is 63.9 Å². The van der Waals surface area contributed by atoms with Crippen molar-refractivity contribution in [1.82, 2.24) is 34.8 Å². The third-order valence-corrected chi connectivity index (χ3v) is 15.8. The van der Waals surface area contributed by atoms with Crippen molar-refractivity contribution in [2.75, 3.05) is 10.6 Å². The van der Waals surface area contributed by atoms with E-state index in [1.165, 1.54) is 54.9 Å². The highest BCUT2D eigenvalue weighted by Gasteiger charge is 2.34. The van der Waals surface area contributed by atoms with E-state index in [2.05, 4.69) is 51.6 Å². The summed E-state index contributed by atoms with van der Waals surface area (Å²) in [6.45, 7) is 7.46. The minimum absolute atomic E-state index is 0.00504. The lowest BCUT2D eigenvalue weighted by molar-refractivity contribution is -0.138. The Bertz CT molecular complexity index is 4550. The van der Waals surface area contributed by atoms with Crippen LogP contribution in [-0.2, 0) is 32.4 Å². The number of H-pyrrole nitrogens is 1. The summed E-state index contributed by atoms with van der Waals surface area (Å²) in [6, 6.07) is 41.6. The summed E-state index contributed by atoms with van der Waals surface area (Å²) in [5.74, 6) is 6.18. The zero-order valence-corrected chi connectivity index (χ0v) is 52.9. The van der Waals surface area contributed by atoms with Crippen LogP contribution in [0.25, 0.3) is 22.5 Å². The first-order valence-corrected chi connectivity index (χ1v) is 30.9. The molecule has 0 aliphatic carbocycles. The smallest absolute Gasteiger partial charge is 0.322 e. The van der Waals surface area contributed by atoms with Gasteiger partial charge in [-0.2, -0.15) is 49.8 Å². The van der Waals surface area contributed by atoms with Gasteiger partial charge in [0.2, 0.25) is 0 Å². The van der Waals surface area contributed by atoms with Crippen LogP contribution in [0.4, 0.5) is 37.7 Å². The number of amides is 2. The number of anilines is 2. The first kappa shape index (κ1) is 72.7. The number of aryl methyl sites for hydroxylation is 4. The number of carbonyl (C=O) groups excluding carboxylic acids is 3. The summed E-state index contributed by atoms with van der Waals surface area (Å²) < 4.78 is 124. The fourth-order valence-electron chi connectivity index (χ4n) is 7.76. The zero-order valence-electron chi connectivity index (χ0n) is 49.8. The molecule has 10 aromatic rings. The summed E-state index contributed by atoms with van der Waals surface area (Å²) in [6.07, 6.45) is 8.02. The minimum atomic E-state index is -4.62. The van der Waals surface area contributed by atoms with Gasteiger partial charge < -0.3 is 10.6 Å². The van der Waals surface area contributed by atoms with Gasteiger partial charge in [0, 0.05) is 87.5 Å². The maximum Gasteiger partial charge on any atom is 0.417 e. The number of nitrogens with two attached hydrogens (primary N) is 1. The number of hydrazine groups is 1. The number of hydrazone groups is 1. The molecule has 0 aliphatic heterocycles. The zero-order chi connectivity index (χ0) is 68.8. The lowest BCUT2D eigenvalue weighted by Gasteiger charge is -2.12. The Balaban J connectivity index is 0.000000199. The van der Waals surface area contributed by atoms with E-state index < -0.39 is 65.4 Å². The molecular formula is C66H55Cl2F6N11O7S2. The second kappa shape index (κ2) is 33.3. The fraction of sp³-hybridized carbons (Fsp3) is 0.0909. The molecule has 7 N–H and O–H groups in total. The van der Waals surface area contributed by atoms with E-state index in [4.69, 9.17) is 35.5 Å². The third-order valence-electron chi connectivity index (χ3n) is 12.7. The van der Waals surface area contributed by atoms with E-state index in [-0.39, 0.29) is 32.3 Å². The normalized spacial score (nSPS) is 11.1. The van der Waals surface area contributed by atoms with Crippen molar-refractivity contribution in [3.05, 3.63) is 272 Å². The molecule has 0 saturated carbocycles. The monoisotopic (exact) mass is 1360 g/mol. The predicted octanol–water partition coefficient (Wildman–Crippen LogP) is 14.0. The molecule has 4 aromatic heterocycles. The molecule has 4 heterocycles. The first-order valence-electron chi connectivity index (χ1n) is 27.2. The van der Waals surface area contributed by atoms with Crippen molar-refractivity contribution in [2.24, 2.45) is 10.9 Å². The van der Waals surface area contributed by atoms with Crippen LogP contribution in [-0.4, -0.2) is 66.3 Å². The van der Waals surface area contributed by atoms with E-state index >= 15 is 0 Å². The van der Waals surface area contributed by atoms with Gasteiger partial charge >= 0.3 is 12.4 Å². The summed E-state index contributed by atoms with van der Waals surface area (Å²) in [7, 11) is -7.10. The van der Waals surface area contributed by atoms with E-state index in [1.54, 1.807) is 128 Å². The molecule has 18 nitrogen and oxygen atoms in total. The van der Waals surface area contributed by atoms with Crippen molar-refractivity contribution < 1.29 is 57.6 Å². The van der Waals surface area contributed by atoms with Crippen LogP contribution in [0.1, 0.15) is 75.6 Å². The summed E-state index contributed by atoms with van der Waals surface area (Å²) >= 11 is 11.2. The molecule has 0 bridgehead atoms. The summed E-state index contributed by atoms with van der Waals surface area (Å²) in [4.78, 5) is 50.8. The van der Waals surface area contributed by atoms with Crippen LogP contribution in [0.15, 0.2) is 216 Å². The van der Waals surface area contributed by atoms with Gasteiger partial charge in [0.25, 0.3) is 31.9 Å². The molecule has 0 saturated heterocycles. The second-order valence-corrected chi connectivity index (χ2v) is 23.9. The Labute approximate surface area is 546 Å². The van der Waals surface area contributed by atoms with E-state index in [9.17, 15) is 57.6 Å². The van der Waals surface area contributed by atoms with Gasteiger partial charge in [-0.05, 0) is 160 Å². The number of halogens is 8. The number of sulfonamides is 2. The molecule has 0 atom stereocenters. The topological polar surface area (TPSA) is 273 Å². The van der Waals surface area contributed by atoms with Crippen LogP contribution in [0.2, 0.25) is 10.0 Å². The van der Waals surface area contributed by atoms with Crippen molar-refractivity contribution >= 4 is 78.9 Å². The van der Waals surface area contributed by atoms with E-state index in [1.807, 2.05) is 32.9 Å². The largest absolute Gasteiger partial charge is 0.417 e. The van der Waals surface area contributed by atoms with Crippen LogP contribution < -0.4 is 26.1 Å². The molecule has 2 amide bonds. The average Bonchev–Trinajstić information content (AvgIpc) is 1.57. The number of hydrogen-bond donors (Lipinski definition) is 6. The number of terminal acetylenes is 1. The van der Waals surface area contributed by atoms with Gasteiger partial charge in [0.15, 0.2) is 6.29 Å². The van der Waals surface area contributed by atoms with Gasteiger partial charge in [0.1, 0.15) is 0 Å². The molecule has 484 valence electrons. The van der Waals surface area contributed by atoms with Crippen molar-refractivity contribution in [3.8, 4) is 34.9 Å². The number of alkyl halides is 6. The van der Waals surface area contributed by atoms with Gasteiger partial charge in [-0.15, -0.1) is 6.42 Å². The Morgan fingerprint density at radius 2 is 1.07 bits per heavy atom. The molecule has 28 heteroatoms. The van der Waals surface area contributed by atoms with Gasteiger partial charge in [-0.25, -0.2) is 13.2 Å². The number of nitrogens with one attached hydrogen (secondary N) is 5. The van der Waals surface area contributed by atoms with Crippen molar-refractivity contribution in [2.45, 2.75) is 49.8 Å². The maximum absolute atomic E-state index is 13.1. The highest BCUT2D eigenvalue weighted by molar-refractivity contribution is 7.89. The number of hydrogen-bond acceptors (Lipinski definition) is 13. The number of aromatic nitrogens is 5. The molecule has 0 spiro atoms. The number of aromatic amines is 1. The second-order valence-electron chi connectivity index (χ2n) is 19.7. The molecule has 10 rings (SSSR count). The van der Waals surface area contributed by atoms with Gasteiger partial charge in [0.05, 0.1) is 48.6 Å². The molecule has 0 fully saturated rings. The van der Waals surface area contributed by atoms with E-state index in [0.29, 0.717) is 28.1 Å². The Hall–Kier alpha value is -10.4. The van der Waals surface area contributed by atoms with Gasteiger partial charge in [-0.1, -0.05) is 82.7 Å². The lowest BCUT2D eigenvalue weighted by Crippen LogP contribution is -2.30. The lowest BCUT2D eigenvalue weighted by atomic mass is 10.0. The van der Waals surface area contributed by atoms with Crippen LogP contribution >= 0.6 is 23.2 Å². The molecule has 94 heavy (non-hydrogen) atoms. The van der Waals surface area contributed by atoms with Crippen LogP contribution in [0.5, 0.6) is 0 Å². The van der Waals surface area contributed by atoms with Crippen LogP contribution in [0.3, 0.4) is 0 Å². The molecular weight excluding hydrogens is 1310 g/mol. The molecule has 0 aliphatic rings. The number of nitrogens with zero attached hydrogens (tertiary/aromatic N) is 5. The number of pyridine rings is 3. The summed E-state index contributed by atoms with van der Waals surface area (Å²) in [5.41, 5.74) is 7.09. The number of carbonyl (C=O) groups is 3. The van der Waals surface area contributed by atoms with Crippen molar-refractivity contribution in [1.29, 1.82) is 0 Å². The third kappa shape index (κ3) is 21.6. The number of benzene rings is 6. The Kier molecular flexibility index (Phi) is 25.7. The SMILES string of the molecule is C#Cc1cc(C(=O)Nc2ccc(Cl)c(C(F)(F)F)c2)ccc1C.Cc1ccc(C(=O)Nc2ccc(Cl)c(C(F)(F)F)c2)cc1-c1cc(-c2cccnc2)n[nH]1.Cc1ccc(S(=O)(=O)N/N=C/c2cccnc2)cc1.Cc1ccc(S(=O)(=O)NN)cc1.O=Cc1cccnc1. The average molecular weight is 1360 g/mol. The highest BCUT2D eigenvalue weighted by atomic mass is 35.5. The molecule has 0 radical (unpaired) electrons.